The Morgan fingerprint density at radius 1 is 1.39 bits per heavy atom. The molecule has 2 rings (SSSR count). The molecule has 4 heteroatoms. The van der Waals surface area contributed by atoms with Gasteiger partial charge in [-0.2, -0.15) is 0 Å². The highest BCUT2D eigenvalue weighted by atomic mass is 16.6. The van der Waals surface area contributed by atoms with Crippen LogP contribution in [-0.4, -0.2) is 23.0 Å². The van der Waals surface area contributed by atoms with Gasteiger partial charge in [0.15, 0.2) is 0 Å². The van der Waals surface area contributed by atoms with Crippen LogP contribution in [0.4, 0.5) is 4.79 Å². The van der Waals surface area contributed by atoms with Gasteiger partial charge in [0.25, 0.3) is 0 Å². The van der Waals surface area contributed by atoms with E-state index < -0.39 is 18.1 Å². The van der Waals surface area contributed by atoms with Crippen molar-refractivity contribution in [1.29, 1.82) is 0 Å². The first-order valence-electron chi connectivity index (χ1n) is 5.82. The van der Waals surface area contributed by atoms with Gasteiger partial charge in [-0.1, -0.05) is 43.3 Å². The molecule has 2 atom stereocenters. The minimum atomic E-state index is -0.581. The van der Waals surface area contributed by atoms with E-state index in [2.05, 4.69) is 11.3 Å². The predicted octanol–water partition coefficient (Wildman–Crippen LogP) is 2.36. The van der Waals surface area contributed by atoms with Gasteiger partial charge in [-0.15, -0.1) is 6.58 Å². The number of nitrogens with zero attached hydrogens (tertiary/aromatic N) is 1. The number of rotatable bonds is 4. The molecule has 0 spiro atoms. The van der Waals surface area contributed by atoms with E-state index >= 15 is 0 Å². The van der Waals surface area contributed by atoms with Crippen molar-refractivity contribution in [3.05, 3.63) is 48.6 Å². The molecular weight excluding hydrogens is 230 g/mol. The highest BCUT2D eigenvalue weighted by molar-refractivity contribution is 5.95. The standard InChI is InChI=1S/C14H15NO3/c1-3-10(2)12-13(16)18-14(17)15(12)9-11-7-5-4-6-8-11/h3-8,10,12H,1,9H2,2H3. The SMILES string of the molecule is C=CC(C)C1C(=O)OC(=O)N1Cc1ccccc1. The summed E-state index contributed by atoms with van der Waals surface area (Å²) >= 11 is 0. The molecule has 1 aliphatic heterocycles. The van der Waals surface area contributed by atoms with Crippen LogP contribution < -0.4 is 0 Å². The summed E-state index contributed by atoms with van der Waals surface area (Å²) in [6.07, 6.45) is 1.07. The average molecular weight is 245 g/mol. The van der Waals surface area contributed by atoms with Gasteiger partial charge in [0.2, 0.25) is 0 Å². The Hall–Kier alpha value is -2.10. The van der Waals surface area contributed by atoms with Gasteiger partial charge >= 0.3 is 12.1 Å². The Kier molecular flexibility index (Phi) is 3.46. The second-order valence-corrected chi connectivity index (χ2v) is 4.34. The summed E-state index contributed by atoms with van der Waals surface area (Å²) in [4.78, 5) is 24.8. The van der Waals surface area contributed by atoms with Crippen LogP contribution in [0.1, 0.15) is 12.5 Å². The first-order valence-corrected chi connectivity index (χ1v) is 5.82. The van der Waals surface area contributed by atoms with Crippen LogP contribution in [-0.2, 0) is 16.1 Å². The fourth-order valence-electron chi connectivity index (χ4n) is 2.02. The molecular formula is C14H15NO3. The van der Waals surface area contributed by atoms with E-state index in [4.69, 9.17) is 0 Å². The molecule has 0 aromatic heterocycles. The summed E-state index contributed by atoms with van der Waals surface area (Å²) in [5.41, 5.74) is 0.963. The summed E-state index contributed by atoms with van der Waals surface area (Å²) in [7, 11) is 0. The molecule has 1 aliphatic rings. The van der Waals surface area contributed by atoms with Crippen molar-refractivity contribution in [3.63, 3.8) is 0 Å². The molecule has 1 aromatic carbocycles. The number of cyclic esters (lactones) is 2. The van der Waals surface area contributed by atoms with Gasteiger partial charge in [-0.25, -0.2) is 9.59 Å². The molecule has 18 heavy (non-hydrogen) atoms. The predicted molar refractivity (Wildman–Crippen MR) is 66.6 cm³/mol. The van der Waals surface area contributed by atoms with Gasteiger partial charge in [-0.3, -0.25) is 4.90 Å². The van der Waals surface area contributed by atoms with E-state index in [0.717, 1.165) is 5.56 Å². The van der Waals surface area contributed by atoms with Gasteiger partial charge in [0.05, 0.1) is 0 Å². The molecule has 0 saturated carbocycles. The topological polar surface area (TPSA) is 46.6 Å². The fraction of sp³-hybridized carbons (Fsp3) is 0.286. The largest absolute Gasteiger partial charge is 0.418 e. The fourth-order valence-corrected chi connectivity index (χ4v) is 2.02. The van der Waals surface area contributed by atoms with Gasteiger partial charge in [0.1, 0.15) is 6.04 Å². The summed E-state index contributed by atoms with van der Waals surface area (Å²) in [5, 5.41) is 0. The maximum absolute atomic E-state index is 11.7. The van der Waals surface area contributed by atoms with Crippen LogP contribution in [0.25, 0.3) is 0 Å². The lowest BCUT2D eigenvalue weighted by molar-refractivity contribution is -0.136. The lowest BCUT2D eigenvalue weighted by atomic mass is 10.0. The van der Waals surface area contributed by atoms with Crippen molar-refractivity contribution in [1.82, 2.24) is 4.90 Å². The Bertz CT molecular complexity index is 469. The Morgan fingerprint density at radius 3 is 2.67 bits per heavy atom. The number of hydrogen-bond acceptors (Lipinski definition) is 3. The maximum Gasteiger partial charge on any atom is 0.418 e. The van der Waals surface area contributed by atoms with E-state index in [0.29, 0.717) is 6.54 Å². The molecule has 0 radical (unpaired) electrons. The third-order valence-electron chi connectivity index (χ3n) is 3.07. The van der Waals surface area contributed by atoms with E-state index in [9.17, 15) is 9.59 Å². The smallest absolute Gasteiger partial charge is 0.375 e. The molecule has 1 amide bonds. The second-order valence-electron chi connectivity index (χ2n) is 4.34. The van der Waals surface area contributed by atoms with E-state index in [-0.39, 0.29) is 5.92 Å². The number of benzene rings is 1. The average Bonchev–Trinajstić information content (AvgIpc) is 2.65. The lowest BCUT2D eigenvalue weighted by Crippen LogP contribution is -2.38. The van der Waals surface area contributed by atoms with E-state index in [1.54, 1.807) is 6.08 Å². The van der Waals surface area contributed by atoms with Crippen molar-refractivity contribution in [2.45, 2.75) is 19.5 Å². The second kappa shape index (κ2) is 5.04. The number of carbonyl (C=O) groups is 2. The number of amides is 1. The lowest BCUT2D eigenvalue weighted by Gasteiger charge is -2.23. The molecule has 0 N–H and O–H groups in total. The minimum absolute atomic E-state index is 0.132. The summed E-state index contributed by atoms with van der Waals surface area (Å²) in [6, 6.07) is 8.93. The van der Waals surface area contributed by atoms with E-state index in [1.165, 1.54) is 4.90 Å². The number of hydrogen-bond donors (Lipinski definition) is 0. The summed E-state index contributed by atoms with van der Waals surface area (Å²) < 4.78 is 4.68. The molecule has 2 unspecified atom stereocenters. The Morgan fingerprint density at radius 2 is 2.06 bits per heavy atom. The highest BCUT2D eigenvalue weighted by Crippen LogP contribution is 2.23. The van der Waals surface area contributed by atoms with Gasteiger partial charge < -0.3 is 4.74 Å². The van der Waals surface area contributed by atoms with Crippen LogP contribution in [0.3, 0.4) is 0 Å². The van der Waals surface area contributed by atoms with Crippen molar-refractivity contribution in [3.8, 4) is 0 Å². The van der Waals surface area contributed by atoms with Crippen molar-refractivity contribution >= 4 is 12.1 Å². The first kappa shape index (κ1) is 12.4. The van der Waals surface area contributed by atoms with Crippen molar-refractivity contribution in [2.24, 2.45) is 5.92 Å². The van der Waals surface area contributed by atoms with Crippen molar-refractivity contribution in [2.75, 3.05) is 0 Å². The van der Waals surface area contributed by atoms with Gasteiger partial charge in [0, 0.05) is 12.5 Å². The summed E-state index contributed by atoms with van der Waals surface area (Å²) in [6.45, 7) is 5.87. The molecule has 4 nitrogen and oxygen atoms in total. The number of ether oxygens (including phenoxy) is 1. The quantitative estimate of drug-likeness (QED) is 0.464. The Labute approximate surface area is 106 Å². The molecule has 1 fully saturated rings. The third-order valence-corrected chi connectivity index (χ3v) is 3.07. The third kappa shape index (κ3) is 2.27. The zero-order valence-electron chi connectivity index (χ0n) is 10.2. The molecule has 94 valence electrons. The van der Waals surface area contributed by atoms with E-state index in [1.807, 2.05) is 37.3 Å². The minimum Gasteiger partial charge on any atom is -0.375 e. The monoisotopic (exact) mass is 245 g/mol. The van der Waals surface area contributed by atoms with Crippen LogP contribution >= 0.6 is 0 Å². The maximum atomic E-state index is 11.7. The summed E-state index contributed by atoms with van der Waals surface area (Å²) in [5.74, 6) is -0.629. The molecule has 1 aromatic rings. The van der Waals surface area contributed by atoms with Gasteiger partial charge in [-0.05, 0) is 5.56 Å². The molecule has 0 bridgehead atoms. The zero-order valence-corrected chi connectivity index (χ0v) is 10.2. The number of carbonyl (C=O) groups excluding carboxylic acids is 2. The normalized spacial score (nSPS) is 20.7. The molecule has 1 heterocycles. The van der Waals surface area contributed by atoms with Crippen LogP contribution in [0.15, 0.2) is 43.0 Å². The van der Waals surface area contributed by atoms with Crippen molar-refractivity contribution < 1.29 is 14.3 Å². The molecule has 0 aliphatic carbocycles. The zero-order chi connectivity index (χ0) is 13.1. The Balaban J connectivity index is 2.21. The van der Waals surface area contributed by atoms with Crippen LogP contribution in [0.2, 0.25) is 0 Å². The van der Waals surface area contributed by atoms with Crippen LogP contribution in [0, 0.1) is 5.92 Å². The number of esters is 1. The van der Waals surface area contributed by atoms with Crippen LogP contribution in [0.5, 0.6) is 0 Å². The molecule has 1 saturated heterocycles. The highest BCUT2D eigenvalue weighted by Gasteiger charge is 2.43. The first-order chi connectivity index (χ1) is 8.63.